The summed E-state index contributed by atoms with van der Waals surface area (Å²) in [7, 11) is 0. The SMILES string of the molecule is O=C([O-])N1C(=O)OC(c2ccc(F)cc2)C1Cc1cccc(OC(F)(F)C(F)F)n1. The Bertz CT molecular complexity index is 941. The van der Waals surface area contributed by atoms with Crippen LogP contribution >= 0.6 is 0 Å². The molecular weight excluding hydrogens is 419 g/mol. The highest BCUT2D eigenvalue weighted by molar-refractivity contribution is 5.88. The molecule has 1 aliphatic heterocycles. The number of alkyl halides is 4. The fraction of sp³-hybridized carbons (Fsp3) is 0.278. The van der Waals surface area contributed by atoms with Crippen molar-refractivity contribution in [3.8, 4) is 5.88 Å². The van der Waals surface area contributed by atoms with Gasteiger partial charge in [0.25, 0.3) is 0 Å². The van der Waals surface area contributed by atoms with Crippen LogP contribution in [0.4, 0.5) is 31.5 Å². The number of benzene rings is 1. The summed E-state index contributed by atoms with van der Waals surface area (Å²) in [4.78, 5) is 27.3. The molecule has 0 radical (unpaired) electrons. The van der Waals surface area contributed by atoms with Crippen LogP contribution < -0.4 is 9.84 Å². The van der Waals surface area contributed by atoms with Crippen LogP contribution in [0, 0.1) is 5.82 Å². The summed E-state index contributed by atoms with van der Waals surface area (Å²) in [6, 6.07) is 6.81. The summed E-state index contributed by atoms with van der Waals surface area (Å²) in [6.07, 6.45) is -13.5. The molecule has 2 atom stereocenters. The lowest BCUT2D eigenvalue weighted by atomic mass is 9.98. The molecule has 3 rings (SSSR count). The van der Waals surface area contributed by atoms with Gasteiger partial charge in [-0.1, -0.05) is 18.2 Å². The fourth-order valence-corrected chi connectivity index (χ4v) is 2.89. The Hall–Kier alpha value is -3.44. The molecule has 2 unspecified atom stereocenters. The Morgan fingerprint density at radius 1 is 1.23 bits per heavy atom. The van der Waals surface area contributed by atoms with E-state index >= 15 is 0 Å². The van der Waals surface area contributed by atoms with Crippen LogP contribution in [0.5, 0.6) is 5.88 Å². The number of rotatable bonds is 6. The second kappa shape index (κ2) is 8.13. The average Bonchev–Trinajstić information content (AvgIpc) is 2.98. The summed E-state index contributed by atoms with van der Waals surface area (Å²) in [6.45, 7) is 0. The molecule has 1 aromatic heterocycles. The smallest absolute Gasteiger partial charge is 0.462 e. The van der Waals surface area contributed by atoms with Crippen molar-refractivity contribution < 1.29 is 46.1 Å². The van der Waals surface area contributed by atoms with E-state index in [2.05, 4.69) is 9.72 Å². The molecule has 2 heterocycles. The lowest BCUT2D eigenvalue weighted by Crippen LogP contribution is -2.47. The zero-order valence-electron chi connectivity index (χ0n) is 14.8. The molecule has 1 fully saturated rings. The zero-order valence-corrected chi connectivity index (χ0v) is 14.8. The van der Waals surface area contributed by atoms with Gasteiger partial charge in [-0.15, -0.1) is 0 Å². The van der Waals surface area contributed by atoms with Crippen molar-refractivity contribution in [1.29, 1.82) is 0 Å². The molecule has 2 amide bonds. The molecule has 0 spiro atoms. The van der Waals surface area contributed by atoms with Crippen LogP contribution in [-0.4, -0.2) is 40.6 Å². The van der Waals surface area contributed by atoms with E-state index in [1.54, 1.807) is 0 Å². The fourth-order valence-electron chi connectivity index (χ4n) is 2.89. The second-order valence-electron chi connectivity index (χ2n) is 6.20. The van der Waals surface area contributed by atoms with Crippen LogP contribution in [-0.2, 0) is 11.2 Å². The minimum absolute atomic E-state index is 0.0563. The van der Waals surface area contributed by atoms with Gasteiger partial charge in [-0.05, 0) is 23.8 Å². The van der Waals surface area contributed by atoms with E-state index in [-0.39, 0.29) is 22.6 Å². The quantitative estimate of drug-likeness (QED) is 0.654. The maximum Gasteiger partial charge on any atom is 0.462 e. The lowest BCUT2D eigenvalue weighted by Gasteiger charge is -2.25. The molecule has 1 aromatic carbocycles. The number of carboxylic acid groups (broad SMARTS) is 1. The van der Waals surface area contributed by atoms with E-state index < -0.39 is 48.6 Å². The molecule has 30 heavy (non-hydrogen) atoms. The van der Waals surface area contributed by atoms with Gasteiger partial charge in [0.1, 0.15) is 11.9 Å². The molecule has 0 N–H and O–H groups in total. The molecule has 0 saturated carbocycles. The minimum atomic E-state index is -4.79. The predicted molar refractivity (Wildman–Crippen MR) is 86.2 cm³/mol. The van der Waals surface area contributed by atoms with Crippen LogP contribution in [0.1, 0.15) is 17.4 Å². The number of amides is 2. The number of carbonyl (C=O) groups excluding carboxylic acids is 2. The molecular formula is C18H12F5N2O5-. The van der Waals surface area contributed by atoms with Crippen molar-refractivity contribution in [1.82, 2.24) is 9.88 Å². The second-order valence-corrected chi connectivity index (χ2v) is 6.20. The highest BCUT2D eigenvalue weighted by Gasteiger charge is 2.45. The number of hydrogen-bond acceptors (Lipinski definition) is 6. The van der Waals surface area contributed by atoms with Crippen molar-refractivity contribution in [2.24, 2.45) is 0 Å². The molecule has 0 aliphatic carbocycles. The standard InChI is InChI=1S/C18H13F5N2O5/c19-10-6-4-9(5-7-10)14-12(25(16(26)27)17(28)29-14)8-11-2-1-3-13(24-11)30-18(22,23)15(20)21/h1-7,12,14-15H,8H2,(H,26,27)/p-1. The first-order chi connectivity index (χ1) is 14.1. The molecule has 7 nitrogen and oxygen atoms in total. The number of aromatic nitrogens is 1. The third kappa shape index (κ3) is 4.42. The van der Waals surface area contributed by atoms with E-state index in [0.717, 1.165) is 18.2 Å². The maximum atomic E-state index is 13.2. The molecule has 2 aromatic rings. The number of imide groups is 1. The topological polar surface area (TPSA) is 91.8 Å². The Kier molecular flexibility index (Phi) is 5.76. The Labute approximate surface area is 165 Å². The van der Waals surface area contributed by atoms with Crippen LogP contribution in [0.2, 0.25) is 0 Å². The number of pyridine rings is 1. The van der Waals surface area contributed by atoms with E-state index in [0.29, 0.717) is 0 Å². The Balaban J connectivity index is 1.89. The maximum absolute atomic E-state index is 13.2. The van der Waals surface area contributed by atoms with Crippen LogP contribution in [0.25, 0.3) is 0 Å². The first kappa shape index (κ1) is 21.3. The molecule has 0 bridgehead atoms. The highest BCUT2D eigenvalue weighted by atomic mass is 19.3. The summed E-state index contributed by atoms with van der Waals surface area (Å²) < 4.78 is 73.0. The first-order valence-corrected chi connectivity index (χ1v) is 8.35. The van der Waals surface area contributed by atoms with E-state index in [1.807, 2.05) is 0 Å². The predicted octanol–water partition coefficient (Wildman–Crippen LogP) is 2.91. The summed E-state index contributed by atoms with van der Waals surface area (Å²) in [5.74, 6) is -1.41. The third-order valence-electron chi connectivity index (χ3n) is 4.20. The number of nitrogens with zero attached hydrogens (tertiary/aromatic N) is 2. The van der Waals surface area contributed by atoms with Gasteiger partial charge in [-0.25, -0.2) is 14.2 Å². The lowest BCUT2D eigenvalue weighted by molar-refractivity contribution is -0.262. The van der Waals surface area contributed by atoms with Crippen molar-refractivity contribution in [3.63, 3.8) is 0 Å². The van der Waals surface area contributed by atoms with Crippen molar-refractivity contribution in [2.45, 2.75) is 31.1 Å². The number of carbonyl (C=O) groups is 2. The summed E-state index contributed by atoms with van der Waals surface area (Å²) in [5.41, 5.74) is 0.203. The van der Waals surface area contributed by atoms with E-state index in [4.69, 9.17) is 4.74 Å². The van der Waals surface area contributed by atoms with Gasteiger partial charge < -0.3 is 19.4 Å². The van der Waals surface area contributed by atoms with Crippen LogP contribution in [0.3, 0.4) is 0 Å². The number of ether oxygens (including phenoxy) is 2. The zero-order chi connectivity index (χ0) is 22.1. The summed E-state index contributed by atoms with van der Waals surface area (Å²) >= 11 is 0. The number of halogens is 5. The van der Waals surface area contributed by atoms with Gasteiger partial charge >= 0.3 is 18.6 Å². The molecule has 12 heteroatoms. The largest absolute Gasteiger partial charge is 0.529 e. The van der Waals surface area contributed by atoms with Gasteiger partial charge in [0.05, 0.1) is 6.04 Å². The van der Waals surface area contributed by atoms with Gasteiger partial charge in [-0.3, -0.25) is 4.90 Å². The van der Waals surface area contributed by atoms with Crippen molar-refractivity contribution >= 4 is 12.2 Å². The third-order valence-corrected chi connectivity index (χ3v) is 4.20. The summed E-state index contributed by atoms with van der Waals surface area (Å²) in [5, 5.41) is 11.4. The van der Waals surface area contributed by atoms with Crippen LogP contribution in [0.15, 0.2) is 42.5 Å². The average molecular weight is 431 g/mol. The molecule has 1 aliphatic rings. The normalized spacial score (nSPS) is 19.1. The molecule has 1 saturated heterocycles. The molecule has 160 valence electrons. The Morgan fingerprint density at radius 3 is 2.50 bits per heavy atom. The van der Waals surface area contributed by atoms with Crippen molar-refractivity contribution in [3.05, 3.63) is 59.5 Å². The van der Waals surface area contributed by atoms with E-state index in [9.17, 15) is 36.6 Å². The van der Waals surface area contributed by atoms with E-state index in [1.165, 1.54) is 24.3 Å². The van der Waals surface area contributed by atoms with Gasteiger partial charge in [0, 0.05) is 18.2 Å². The Morgan fingerprint density at radius 2 is 1.90 bits per heavy atom. The highest BCUT2D eigenvalue weighted by Crippen LogP contribution is 2.35. The number of hydrogen-bond donors (Lipinski definition) is 0. The van der Waals surface area contributed by atoms with Crippen molar-refractivity contribution in [2.75, 3.05) is 0 Å². The first-order valence-electron chi connectivity index (χ1n) is 8.35. The van der Waals surface area contributed by atoms with Gasteiger partial charge in [-0.2, -0.15) is 17.6 Å². The monoisotopic (exact) mass is 431 g/mol. The van der Waals surface area contributed by atoms with Gasteiger partial charge in [0.2, 0.25) is 5.88 Å². The van der Waals surface area contributed by atoms with Gasteiger partial charge in [0.15, 0.2) is 6.10 Å². The number of cyclic esters (lactones) is 1. The minimum Gasteiger partial charge on any atom is -0.529 e.